The van der Waals surface area contributed by atoms with Crippen molar-refractivity contribution in [2.24, 2.45) is 14.1 Å². The first-order valence-electron chi connectivity index (χ1n) is 6.00. The summed E-state index contributed by atoms with van der Waals surface area (Å²) >= 11 is 0. The number of nitrogens with zero attached hydrogens (tertiary/aromatic N) is 2. The molecule has 0 N–H and O–H groups in total. The lowest BCUT2D eigenvalue weighted by molar-refractivity contribution is -0.672. The molecule has 0 saturated heterocycles. The van der Waals surface area contributed by atoms with Gasteiger partial charge in [-0.1, -0.05) is 13.8 Å². The summed E-state index contributed by atoms with van der Waals surface area (Å²) in [5.41, 5.74) is 5.70. The van der Waals surface area contributed by atoms with E-state index < -0.39 is 0 Å². The van der Waals surface area contributed by atoms with Crippen LogP contribution < -0.4 is 9.13 Å². The average molecular weight is 226 g/mol. The lowest BCUT2D eigenvalue weighted by Gasteiger charge is -2.18. The van der Waals surface area contributed by atoms with Gasteiger partial charge >= 0.3 is 0 Å². The third-order valence-corrected chi connectivity index (χ3v) is 3.84. The summed E-state index contributed by atoms with van der Waals surface area (Å²) in [5.74, 6) is 0. The number of aryl methyl sites for hydroxylation is 2. The fourth-order valence-electron chi connectivity index (χ4n) is 2.81. The van der Waals surface area contributed by atoms with E-state index in [-0.39, 0.29) is 5.41 Å². The minimum atomic E-state index is 0.0999. The maximum Gasteiger partial charge on any atom is 0.173 e. The Bertz CT molecular complexity index is 559. The van der Waals surface area contributed by atoms with Crippen molar-refractivity contribution >= 4 is 0 Å². The van der Waals surface area contributed by atoms with Gasteiger partial charge in [-0.05, 0) is 11.1 Å². The quantitative estimate of drug-likeness (QED) is 0.603. The van der Waals surface area contributed by atoms with Crippen LogP contribution in [0.15, 0.2) is 36.9 Å². The highest BCUT2D eigenvalue weighted by molar-refractivity contribution is 5.78. The lowest BCUT2D eigenvalue weighted by Crippen LogP contribution is -2.31. The molecule has 0 fully saturated rings. The van der Waals surface area contributed by atoms with E-state index in [9.17, 15) is 0 Å². The van der Waals surface area contributed by atoms with Crippen molar-refractivity contribution in [2.45, 2.75) is 19.3 Å². The van der Waals surface area contributed by atoms with Gasteiger partial charge in [0.15, 0.2) is 24.8 Å². The molecule has 0 spiro atoms. The fraction of sp³-hybridized carbons (Fsp3) is 0.333. The van der Waals surface area contributed by atoms with Crippen LogP contribution >= 0.6 is 0 Å². The van der Waals surface area contributed by atoms with Crippen LogP contribution in [-0.2, 0) is 19.5 Å². The Morgan fingerprint density at radius 1 is 0.824 bits per heavy atom. The molecule has 1 aliphatic carbocycles. The smallest absolute Gasteiger partial charge is 0.173 e. The Morgan fingerprint density at radius 2 is 1.24 bits per heavy atom. The topological polar surface area (TPSA) is 7.76 Å². The van der Waals surface area contributed by atoms with Gasteiger partial charge in [0.2, 0.25) is 0 Å². The zero-order chi connectivity index (χ0) is 12.2. The van der Waals surface area contributed by atoms with Crippen molar-refractivity contribution in [2.75, 3.05) is 0 Å². The normalized spacial score (nSPS) is 15.5. The summed E-state index contributed by atoms with van der Waals surface area (Å²) in [6, 6.07) is 4.45. The van der Waals surface area contributed by atoms with Crippen LogP contribution in [0.5, 0.6) is 0 Å². The predicted molar refractivity (Wildman–Crippen MR) is 66.4 cm³/mol. The van der Waals surface area contributed by atoms with Gasteiger partial charge in [0.05, 0.1) is 0 Å². The zero-order valence-corrected chi connectivity index (χ0v) is 10.9. The summed E-state index contributed by atoms with van der Waals surface area (Å²) in [6.07, 6.45) is 8.73. The van der Waals surface area contributed by atoms with Crippen molar-refractivity contribution < 1.29 is 9.13 Å². The van der Waals surface area contributed by atoms with Crippen molar-refractivity contribution in [1.82, 2.24) is 0 Å². The highest BCUT2D eigenvalue weighted by Crippen LogP contribution is 2.46. The van der Waals surface area contributed by atoms with Gasteiger partial charge in [-0.25, -0.2) is 9.13 Å². The van der Waals surface area contributed by atoms with E-state index in [0.29, 0.717) is 0 Å². The summed E-state index contributed by atoms with van der Waals surface area (Å²) in [5, 5.41) is 0. The molecule has 0 bridgehead atoms. The molecule has 0 amide bonds. The maximum absolute atomic E-state index is 2.30. The van der Waals surface area contributed by atoms with Crippen molar-refractivity contribution in [3.8, 4) is 11.1 Å². The van der Waals surface area contributed by atoms with E-state index in [1.165, 1.54) is 22.3 Å². The molecule has 0 unspecified atom stereocenters. The summed E-state index contributed by atoms with van der Waals surface area (Å²) in [4.78, 5) is 0. The number of pyridine rings is 2. The number of aromatic nitrogens is 2. The molecule has 0 aromatic carbocycles. The standard InChI is InChI=1S/C15H18N2/c1-15(2)13-9-16(3)7-5-11(13)12-6-8-17(4)10-14(12)15/h5-10H,1-4H3/q+2. The highest BCUT2D eigenvalue weighted by atomic mass is 14.9. The second-order valence-corrected chi connectivity index (χ2v) is 5.50. The Hall–Kier alpha value is -1.70. The Morgan fingerprint density at radius 3 is 1.65 bits per heavy atom. The van der Waals surface area contributed by atoms with Crippen LogP contribution in [0.3, 0.4) is 0 Å². The first kappa shape index (κ1) is 10.5. The van der Waals surface area contributed by atoms with Gasteiger partial charge in [-0.3, -0.25) is 0 Å². The number of hydrogen-bond acceptors (Lipinski definition) is 0. The molecule has 0 atom stereocenters. The average Bonchev–Trinajstić information content (AvgIpc) is 2.49. The first-order chi connectivity index (χ1) is 8.00. The van der Waals surface area contributed by atoms with E-state index in [2.05, 4.69) is 74.0 Å². The van der Waals surface area contributed by atoms with Gasteiger partial charge in [0.25, 0.3) is 0 Å². The van der Waals surface area contributed by atoms with Crippen LogP contribution in [-0.4, -0.2) is 0 Å². The molecular weight excluding hydrogens is 208 g/mol. The van der Waals surface area contributed by atoms with Crippen molar-refractivity contribution in [1.29, 1.82) is 0 Å². The van der Waals surface area contributed by atoms with Crippen LogP contribution in [0.25, 0.3) is 11.1 Å². The molecule has 2 aromatic heterocycles. The largest absolute Gasteiger partial charge is 0.207 e. The highest BCUT2D eigenvalue weighted by Gasteiger charge is 2.39. The third kappa shape index (κ3) is 1.33. The Balaban J connectivity index is 2.37. The fourth-order valence-corrected chi connectivity index (χ4v) is 2.81. The van der Waals surface area contributed by atoms with Crippen molar-refractivity contribution in [3.63, 3.8) is 0 Å². The zero-order valence-electron chi connectivity index (χ0n) is 10.9. The molecule has 86 valence electrons. The summed E-state index contributed by atoms with van der Waals surface area (Å²) < 4.78 is 4.26. The molecule has 0 radical (unpaired) electrons. The minimum absolute atomic E-state index is 0.0999. The van der Waals surface area contributed by atoms with Crippen molar-refractivity contribution in [3.05, 3.63) is 48.0 Å². The van der Waals surface area contributed by atoms with Gasteiger partial charge in [0.1, 0.15) is 14.1 Å². The van der Waals surface area contributed by atoms with Crippen LogP contribution in [0.2, 0.25) is 0 Å². The van der Waals surface area contributed by atoms with E-state index >= 15 is 0 Å². The number of fused-ring (bicyclic) bond motifs is 3. The van der Waals surface area contributed by atoms with E-state index in [0.717, 1.165) is 0 Å². The summed E-state index contributed by atoms with van der Waals surface area (Å²) in [7, 11) is 4.17. The molecule has 3 rings (SSSR count). The molecule has 1 aliphatic rings. The van der Waals surface area contributed by atoms with E-state index in [1.807, 2.05) is 0 Å². The SMILES string of the molecule is C[n+]1ccc2c(c1)C(C)(C)c1c[n+](C)ccc1-2. The first-order valence-corrected chi connectivity index (χ1v) is 6.00. The second kappa shape index (κ2) is 3.16. The van der Waals surface area contributed by atoms with Gasteiger partial charge in [-0.2, -0.15) is 0 Å². The second-order valence-electron chi connectivity index (χ2n) is 5.50. The molecule has 17 heavy (non-hydrogen) atoms. The molecular formula is C15H18N2+2. The minimum Gasteiger partial charge on any atom is -0.207 e. The van der Waals surface area contributed by atoms with E-state index in [4.69, 9.17) is 0 Å². The lowest BCUT2D eigenvalue weighted by atomic mass is 9.84. The molecule has 2 heteroatoms. The van der Waals surface area contributed by atoms with Gasteiger partial charge < -0.3 is 0 Å². The Labute approximate surface area is 102 Å². The molecule has 0 aliphatic heterocycles. The summed E-state index contributed by atoms with van der Waals surface area (Å²) in [6.45, 7) is 4.61. The van der Waals surface area contributed by atoms with Gasteiger partial charge in [0, 0.05) is 28.7 Å². The molecule has 2 aromatic rings. The number of hydrogen-bond donors (Lipinski definition) is 0. The van der Waals surface area contributed by atoms with Crippen LogP contribution in [0, 0.1) is 0 Å². The predicted octanol–water partition coefficient (Wildman–Crippen LogP) is 1.64. The van der Waals surface area contributed by atoms with E-state index in [1.54, 1.807) is 0 Å². The number of rotatable bonds is 0. The van der Waals surface area contributed by atoms with Crippen LogP contribution in [0.1, 0.15) is 25.0 Å². The maximum atomic E-state index is 2.30. The van der Waals surface area contributed by atoms with Gasteiger partial charge in [-0.15, -0.1) is 0 Å². The monoisotopic (exact) mass is 226 g/mol. The molecule has 2 nitrogen and oxygen atoms in total. The Kier molecular flexibility index (Phi) is 1.94. The molecule has 0 saturated carbocycles. The van der Waals surface area contributed by atoms with Crippen LogP contribution in [0.4, 0.5) is 0 Å². The third-order valence-electron chi connectivity index (χ3n) is 3.84. The molecule has 2 heterocycles.